The number of ether oxygens (including phenoxy) is 1. The molecule has 0 fully saturated rings. The Kier molecular flexibility index (Phi) is 9.52. The van der Waals surface area contributed by atoms with Crippen LogP contribution in [0.5, 0.6) is 0 Å². The molecule has 114 valence electrons. The monoisotopic (exact) mass is 407 g/mol. The van der Waals surface area contributed by atoms with E-state index in [1.165, 1.54) is 19.3 Å². The van der Waals surface area contributed by atoms with Crippen molar-refractivity contribution in [3.8, 4) is 0 Å². The van der Waals surface area contributed by atoms with Gasteiger partial charge in [-0.1, -0.05) is 42.1 Å². The molecule has 0 amide bonds. The quantitative estimate of drug-likeness (QED) is 0.556. The van der Waals surface area contributed by atoms with E-state index in [0.29, 0.717) is 13.2 Å². The zero-order valence-corrected chi connectivity index (χ0v) is 15.0. The number of benzene rings is 1. The molecule has 0 aliphatic heterocycles. The highest BCUT2D eigenvalue weighted by atomic mass is 79.9. The number of aliphatic hydroxyl groups is 1. The minimum absolute atomic E-state index is 0.382. The van der Waals surface area contributed by atoms with E-state index in [-0.39, 0.29) is 0 Å². The van der Waals surface area contributed by atoms with E-state index in [2.05, 4.69) is 44.1 Å². The van der Waals surface area contributed by atoms with Crippen LogP contribution >= 0.6 is 31.9 Å². The molecule has 5 heteroatoms. The van der Waals surface area contributed by atoms with E-state index >= 15 is 0 Å². The highest BCUT2D eigenvalue weighted by Crippen LogP contribution is 2.25. The molecule has 0 saturated carbocycles. The van der Waals surface area contributed by atoms with Crippen LogP contribution in [-0.4, -0.2) is 31.0 Å². The van der Waals surface area contributed by atoms with Crippen molar-refractivity contribution in [2.45, 2.75) is 38.7 Å². The molecule has 0 aromatic heterocycles. The predicted molar refractivity (Wildman–Crippen MR) is 91.3 cm³/mol. The summed E-state index contributed by atoms with van der Waals surface area (Å²) in [6.45, 7) is 3.79. The topological polar surface area (TPSA) is 41.5 Å². The molecule has 3 nitrogen and oxygen atoms in total. The van der Waals surface area contributed by atoms with E-state index in [0.717, 1.165) is 27.7 Å². The van der Waals surface area contributed by atoms with Crippen LogP contribution in [0.2, 0.25) is 0 Å². The van der Waals surface area contributed by atoms with Crippen molar-refractivity contribution in [1.29, 1.82) is 0 Å². The summed E-state index contributed by atoms with van der Waals surface area (Å²) in [5, 5.41) is 13.1. The van der Waals surface area contributed by atoms with Gasteiger partial charge in [0.15, 0.2) is 0 Å². The Morgan fingerprint density at radius 2 is 2.05 bits per heavy atom. The predicted octanol–water partition coefficient (Wildman–Crippen LogP) is 4.58. The summed E-state index contributed by atoms with van der Waals surface area (Å²) >= 11 is 6.89. The number of hydrogen-bond acceptors (Lipinski definition) is 3. The molecule has 1 rings (SSSR count). The normalized spacial score (nSPS) is 12.4. The van der Waals surface area contributed by atoms with Crippen LogP contribution < -0.4 is 5.32 Å². The van der Waals surface area contributed by atoms with E-state index < -0.39 is 6.10 Å². The van der Waals surface area contributed by atoms with E-state index in [4.69, 9.17) is 4.74 Å². The Balaban J connectivity index is 2.14. The van der Waals surface area contributed by atoms with Crippen molar-refractivity contribution in [2.75, 3.05) is 25.1 Å². The van der Waals surface area contributed by atoms with Crippen LogP contribution in [0.1, 0.15) is 32.6 Å². The van der Waals surface area contributed by atoms with Crippen LogP contribution in [0.4, 0.5) is 5.69 Å². The van der Waals surface area contributed by atoms with E-state index in [1.807, 2.05) is 18.2 Å². The molecule has 0 spiro atoms. The van der Waals surface area contributed by atoms with Crippen LogP contribution in [0.3, 0.4) is 0 Å². The third-order valence-electron chi connectivity index (χ3n) is 2.91. The number of halogens is 2. The molecule has 0 radical (unpaired) electrons. The van der Waals surface area contributed by atoms with Crippen molar-refractivity contribution >= 4 is 37.5 Å². The van der Waals surface area contributed by atoms with Gasteiger partial charge in [-0.2, -0.15) is 0 Å². The molecule has 0 aliphatic rings. The molecular formula is C15H23Br2NO2. The Morgan fingerprint density at radius 1 is 1.25 bits per heavy atom. The van der Waals surface area contributed by atoms with Gasteiger partial charge in [0.1, 0.15) is 0 Å². The maximum absolute atomic E-state index is 9.85. The highest BCUT2D eigenvalue weighted by Gasteiger charge is 2.06. The maximum atomic E-state index is 9.85. The molecule has 2 N–H and O–H groups in total. The number of hydrogen-bond donors (Lipinski definition) is 2. The van der Waals surface area contributed by atoms with Gasteiger partial charge < -0.3 is 15.2 Å². The highest BCUT2D eigenvalue weighted by molar-refractivity contribution is 9.11. The molecule has 1 aromatic rings. The third-order valence-corrected chi connectivity index (χ3v) is 4.06. The zero-order valence-electron chi connectivity index (χ0n) is 11.9. The van der Waals surface area contributed by atoms with Crippen molar-refractivity contribution in [3.63, 3.8) is 0 Å². The molecule has 0 saturated heterocycles. The van der Waals surface area contributed by atoms with Gasteiger partial charge in [0.05, 0.1) is 12.7 Å². The number of aliphatic hydroxyl groups excluding tert-OH is 1. The molecule has 1 atom stereocenters. The molecule has 0 bridgehead atoms. The molecule has 1 unspecified atom stereocenters. The smallest absolute Gasteiger partial charge is 0.0945 e. The fourth-order valence-corrected chi connectivity index (χ4v) is 2.96. The first-order chi connectivity index (χ1) is 9.63. The second-order valence-corrected chi connectivity index (χ2v) is 6.56. The standard InChI is InChI=1S/C15H23Br2NO2/c1-2-3-4-5-8-20-11-13(19)10-18-15-7-6-12(16)9-14(15)17/h6-7,9,13,18-19H,2-5,8,10-11H2,1H3. The van der Waals surface area contributed by atoms with Crippen molar-refractivity contribution in [2.24, 2.45) is 0 Å². The molecule has 0 heterocycles. The lowest BCUT2D eigenvalue weighted by Gasteiger charge is -2.14. The number of unbranched alkanes of at least 4 members (excludes halogenated alkanes) is 3. The van der Waals surface area contributed by atoms with Gasteiger partial charge in [-0.05, 0) is 40.5 Å². The minimum atomic E-state index is -0.489. The summed E-state index contributed by atoms with van der Waals surface area (Å²) < 4.78 is 7.46. The Labute approximate surface area is 138 Å². The number of rotatable bonds is 10. The largest absolute Gasteiger partial charge is 0.389 e. The number of nitrogens with one attached hydrogen (secondary N) is 1. The van der Waals surface area contributed by atoms with Gasteiger partial charge in [0.25, 0.3) is 0 Å². The summed E-state index contributed by atoms with van der Waals surface area (Å²) in [6.07, 6.45) is 4.28. The summed E-state index contributed by atoms with van der Waals surface area (Å²) in [7, 11) is 0. The first-order valence-corrected chi connectivity index (χ1v) is 8.66. The van der Waals surface area contributed by atoms with Gasteiger partial charge in [0, 0.05) is 27.8 Å². The maximum Gasteiger partial charge on any atom is 0.0945 e. The number of anilines is 1. The SMILES string of the molecule is CCCCCCOCC(O)CNc1ccc(Br)cc1Br. The van der Waals surface area contributed by atoms with Gasteiger partial charge in [0.2, 0.25) is 0 Å². The molecule has 20 heavy (non-hydrogen) atoms. The van der Waals surface area contributed by atoms with Crippen molar-refractivity contribution in [3.05, 3.63) is 27.1 Å². The summed E-state index contributed by atoms with van der Waals surface area (Å²) in [5.41, 5.74) is 0.968. The molecule has 0 aliphatic carbocycles. The fourth-order valence-electron chi connectivity index (χ4n) is 1.77. The van der Waals surface area contributed by atoms with Crippen molar-refractivity contribution < 1.29 is 9.84 Å². The zero-order chi connectivity index (χ0) is 14.8. The fraction of sp³-hybridized carbons (Fsp3) is 0.600. The average Bonchev–Trinajstić information content (AvgIpc) is 2.41. The molecular weight excluding hydrogens is 386 g/mol. The lowest BCUT2D eigenvalue weighted by atomic mass is 10.2. The second kappa shape index (κ2) is 10.6. The summed E-state index contributed by atoms with van der Waals surface area (Å²) in [5.74, 6) is 0. The van der Waals surface area contributed by atoms with Gasteiger partial charge in [-0.3, -0.25) is 0 Å². The first kappa shape index (κ1) is 18.0. The lowest BCUT2D eigenvalue weighted by Crippen LogP contribution is -2.25. The average molecular weight is 409 g/mol. The van der Waals surface area contributed by atoms with Gasteiger partial charge in [-0.15, -0.1) is 0 Å². The van der Waals surface area contributed by atoms with Crippen LogP contribution in [-0.2, 0) is 4.74 Å². The van der Waals surface area contributed by atoms with Crippen LogP contribution in [0.25, 0.3) is 0 Å². The van der Waals surface area contributed by atoms with Crippen molar-refractivity contribution in [1.82, 2.24) is 0 Å². The Hall–Kier alpha value is -0.100. The second-order valence-electron chi connectivity index (χ2n) is 4.79. The van der Waals surface area contributed by atoms with E-state index in [1.54, 1.807) is 0 Å². The lowest BCUT2D eigenvalue weighted by molar-refractivity contribution is 0.0416. The first-order valence-electron chi connectivity index (χ1n) is 7.08. The minimum Gasteiger partial charge on any atom is -0.389 e. The van der Waals surface area contributed by atoms with Gasteiger partial charge >= 0.3 is 0 Å². The molecule has 1 aromatic carbocycles. The summed E-state index contributed by atoms with van der Waals surface area (Å²) in [6, 6.07) is 5.90. The Bertz CT molecular complexity index is 388. The van der Waals surface area contributed by atoms with E-state index in [9.17, 15) is 5.11 Å². The Morgan fingerprint density at radius 3 is 2.75 bits per heavy atom. The third kappa shape index (κ3) is 7.62. The van der Waals surface area contributed by atoms with Crippen LogP contribution in [0, 0.1) is 0 Å². The van der Waals surface area contributed by atoms with Crippen LogP contribution in [0.15, 0.2) is 27.1 Å². The van der Waals surface area contributed by atoms with Gasteiger partial charge in [-0.25, -0.2) is 0 Å². The summed E-state index contributed by atoms with van der Waals surface area (Å²) in [4.78, 5) is 0.